The molecule has 2 atom stereocenters. The summed E-state index contributed by atoms with van der Waals surface area (Å²) >= 11 is 0.863. The zero-order valence-electron chi connectivity index (χ0n) is 18.4. The highest BCUT2D eigenvalue weighted by molar-refractivity contribution is 7.22. The summed E-state index contributed by atoms with van der Waals surface area (Å²) in [5.74, 6) is -0.274. The van der Waals surface area contributed by atoms with Gasteiger partial charge < -0.3 is 20.7 Å². The molecule has 2 bridgehead atoms. The zero-order valence-corrected chi connectivity index (χ0v) is 19.2. The van der Waals surface area contributed by atoms with Gasteiger partial charge >= 0.3 is 12.2 Å². The van der Waals surface area contributed by atoms with Crippen LogP contribution in [0.15, 0.2) is 18.3 Å². The molecule has 0 radical (unpaired) electrons. The van der Waals surface area contributed by atoms with Gasteiger partial charge in [-0.05, 0) is 25.0 Å². The average Bonchev–Trinajstić information content (AvgIpc) is 3.38. The lowest BCUT2D eigenvalue weighted by Crippen LogP contribution is -2.51. The minimum atomic E-state index is -4.83. The Balaban J connectivity index is 1.63. The number of piperazine rings is 1. The van der Waals surface area contributed by atoms with Crippen LogP contribution in [-0.2, 0) is 6.18 Å². The minimum Gasteiger partial charge on any atom is -0.467 e. The Kier molecular flexibility index (Phi) is 4.97. The maximum atomic E-state index is 14.6. The van der Waals surface area contributed by atoms with Crippen LogP contribution in [0.5, 0.6) is 6.01 Å². The molecule has 13 heteroatoms. The number of halogens is 4. The van der Waals surface area contributed by atoms with Gasteiger partial charge in [0.25, 0.3) is 0 Å². The van der Waals surface area contributed by atoms with Crippen LogP contribution in [0.25, 0.3) is 32.4 Å². The average molecular weight is 506 g/mol. The third-order valence-corrected chi connectivity index (χ3v) is 7.34. The molecule has 182 valence electrons. The number of nitrogens with one attached hydrogen (secondary N) is 1. The van der Waals surface area contributed by atoms with Crippen LogP contribution in [0.2, 0.25) is 0 Å². The summed E-state index contributed by atoms with van der Waals surface area (Å²) in [4.78, 5) is 18.8. The fourth-order valence-electron chi connectivity index (χ4n) is 5.01. The van der Waals surface area contributed by atoms with Crippen LogP contribution in [0.4, 0.5) is 28.5 Å². The van der Waals surface area contributed by atoms with Crippen molar-refractivity contribution < 1.29 is 22.3 Å². The fourth-order valence-corrected chi connectivity index (χ4v) is 5.77. The number of ether oxygens (including phenoxy) is 1. The molecule has 0 saturated carbocycles. The first-order chi connectivity index (χ1) is 16.7. The minimum absolute atomic E-state index is 0.0166. The predicted molar refractivity (Wildman–Crippen MR) is 124 cm³/mol. The number of methoxy groups -OCH3 is 1. The third kappa shape index (κ3) is 3.60. The van der Waals surface area contributed by atoms with Crippen molar-refractivity contribution in [1.29, 1.82) is 0 Å². The van der Waals surface area contributed by atoms with Gasteiger partial charge in [0.1, 0.15) is 17.2 Å². The number of hydrogen-bond donors (Lipinski definition) is 2. The number of anilines is 2. The van der Waals surface area contributed by atoms with E-state index in [0.29, 0.717) is 18.9 Å². The smallest absolute Gasteiger partial charge is 0.420 e. The number of aromatic nitrogens is 4. The molecule has 2 aliphatic heterocycles. The highest BCUT2D eigenvalue weighted by atomic mass is 32.1. The van der Waals surface area contributed by atoms with E-state index >= 15 is 0 Å². The maximum Gasteiger partial charge on any atom is 0.420 e. The molecule has 3 N–H and O–H groups in total. The van der Waals surface area contributed by atoms with Gasteiger partial charge in [-0.15, -0.1) is 0 Å². The second-order valence-electron chi connectivity index (χ2n) is 8.64. The topological polar surface area (TPSA) is 102 Å². The highest BCUT2D eigenvalue weighted by Gasteiger charge is 2.40. The van der Waals surface area contributed by atoms with Gasteiger partial charge in [-0.25, -0.2) is 9.37 Å². The van der Waals surface area contributed by atoms with Crippen molar-refractivity contribution in [3.63, 3.8) is 0 Å². The quantitative estimate of drug-likeness (QED) is 0.403. The number of benzene rings is 1. The Morgan fingerprint density at radius 2 is 1.86 bits per heavy atom. The van der Waals surface area contributed by atoms with Crippen LogP contribution < -0.4 is 20.7 Å². The van der Waals surface area contributed by atoms with Crippen molar-refractivity contribution >= 4 is 43.4 Å². The van der Waals surface area contributed by atoms with E-state index < -0.39 is 23.3 Å². The van der Waals surface area contributed by atoms with Gasteiger partial charge in [0, 0.05) is 36.9 Å². The van der Waals surface area contributed by atoms with E-state index in [1.165, 1.54) is 19.4 Å². The molecular weight excluding hydrogens is 486 g/mol. The molecule has 2 saturated heterocycles. The second kappa shape index (κ2) is 7.85. The van der Waals surface area contributed by atoms with E-state index in [9.17, 15) is 17.6 Å². The van der Waals surface area contributed by atoms with Crippen molar-refractivity contribution in [2.75, 3.05) is 30.8 Å². The summed E-state index contributed by atoms with van der Waals surface area (Å²) in [5, 5.41) is 3.71. The number of alkyl halides is 3. The van der Waals surface area contributed by atoms with E-state index in [1.807, 2.05) is 4.90 Å². The molecule has 0 amide bonds. The number of fused-ring (bicyclic) bond motifs is 4. The zero-order chi connectivity index (χ0) is 24.5. The Hall–Kier alpha value is -3.32. The maximum absolute atomic E-state index is 14.6. The van der Waals surface area contributed by atoms with Crippen molar-refractivity contribution in [2.45, 2.75) is 31.1 Å². The van der Waals surface area contributed by atoms with E-state index in [4.69, 9.17) is 10.5 Å². The standard InChI is InChI=1S/C22H19F4N7OS/c1-34-21-31-16-12(19(32-21)33-7-9-2-3-10(8-33)29-9)6-28-15(14(16)22(24,25)26)11-4-5-13(23)18-17(11)30-20(27)35-18/h4-6,9-10,29H,2-3,7-8H2,1H3,(H2,27,30). The Bertz CT molecular complexity index is 1460. The van der Waals surface area contributed by atoms with Crippen molar-refractivity contribution in [2.24, 2.45) is 0 Å². The molecule has 3 aromatic heterocycles. The normalized spacial score (nSPS) is 20.2. The monoisotopic (exact) mass is 505 g/mol. The summed E-state index contributed by atoms with van der Waals surface area (Å²) in [6, 6.07) is 2.61. The first-order valence-corrected chi connectivity index (χ1v) is 11.7. The summed E-state index contributed by atoms with van der Waals surface area (Å²) in [6.07, 6.45) is -1.50. The molecule has 2 unspecified atom stereocenters. The lowest BCUT2D eigenvalue weighted by molar-refractivity contribution is -0.136. The molecule has 4 aromatic rings. The van der Waals surface area contributed by atoms with Crippen molar-refractivity contribution in [3.05, 3.63) is 29.7 Å². The van der Waals surface area contributed by atoms with Crippen LogP contribution >= 0.6 is 11.3 Å². The SMILES string of the molecule is COc1nc(N2CC3CCC(C2)N3)c2cnc(-c3ccc(F)c4sc(N)nc34)c(C(F)(F)F)c2n1. The number of thiazole rings is 1. The second-order valence-corrected chi connectivity index (χ2v) is 9.67. The highest BCUT2D eigenvalue weighted by Crippen LogP contribution is 2.44. The van der Waals surface area contributed by atoms with Gasteiger partial charge in [0.05, 0.1) is 33.9 Å². The molecule has 35 heavy (non-hydrogen) atoms. The van der Waals surface area contributed by atoms with Crippen molar-refractivity contribution in [3.8, 4) is 17.3 Å². The van der Waals surface area contributed by atoms with Gasteiger partial charge in [-0.3, -0.25) is 4.98 Å². The number of hydrogen-bond acceptors (Lipinski definition) is 9. The third-order valence-electron chi connectivity index (χ3n) is 6.45. The van der Waals surface area contributed by atoms with E-state index in [-0.39, 0.29) is 49.9 Å². The number of rotatable bonds is 3. The first-order valence-electron chi connectivity index (χ1n) is 10.9. The molecule has 0 aliphatic carbocycles. The van der Waals surface area contributed by atoms with E-state index in [0.717, 1.165) is 30.2 Å². The Labute approximate surface area is 200 Å². The fraction of sp³-hybridized carbons (Fsp3) is 0.364. The Morgan fingerprint density at radius 1 is 1.11 bits per heavy atom. The number of nitrogens with two attached hydrogens (primary N) is 1. The molecular formula is C22H19F4N7OS. The van der Waals surface area contributed by atoms with E-state index in [2.05, 4.69) is 25.3 Å². The number of nitrogens with zero attached hydrogens (tertiary/aromatic N) is 5. The van der Waals surface area contributed by atoms with Gasteiger partial charge in [-0.2, -0.15) is 23.1 Å². The van der Waals surface area contributed by atoms with Gasteiger partial charge in [0.15, 0.2) is 5.13 Å². The van der Waals surface area contributed by atoms with E-state index in [1.54, 1.807) is 0 Å². The van der Waals surface area contributed by atoms with Gasteiger partial charge in [-0.1, -0.05) is 11.3 Å². The van der Waals surface area contributed by atoms with Crippen molar-refractivity contribution in [1.82, 2.24) is 25.3 Å². The molecule has 1 aromatic carbocycles. The molecule has 8 nitrogen and oxygen atoms in total. The molecule has 2 aliphatic rings. The molecule has 0 spiro atoms. The number of pyridine rings is 1. The summed E-state index contributed by atoms with van der Waals surface area (Å²) in [7, 11) is 1.31. The molecule has 2 fully saturated rings. The molecule has 5 heterocycles. The molecule has 6 rings (SSSR count). The van der Waals surface area contributed by atoms with Crippen LogP contribution in [0.3, 0.4) is 0 Å². The lowest BCUT2D eigenvalue weighted by Gasteiger charge is -2.34. The first kappa shape index (κ1) is 22.2. The number of nitrogen functional groups attached to an aromatic ring is 1. The van der Waals surface area contributed by atoms with Crippen LogP contribution in [0, 0.1) is 5.82 Å². The largest absolute Gasteiger partial charge is 0.467 e. The lowest BCUT2D eigenvalue weighted by atomic mass is 10.0. The van der Waals surface area contributed by atoms with Crippen LogP contribution in [-0.4, -0.2) is 52.2 Å². The Morgan fingerprint density at radius 3 is 2.54 bits per heavy atom. The van der Waals surface area contributed by atoms with Crippen LogP contribution in [0.1, 0.15) is 18.4 Å². The summed E-state index contributed by atoms with van der Waals surface area (Å²) in [6.45, 7) is 1.21. The van der Waals surface area contributed by atoms with Gasteiger partial charge in [0.2, 0.25) is 0 Å². The summed E-state index contributed by atoms with van der Waals surface area (Å²) in [5.41, 5.74) is 3.97. The summed E-state index contributed by atoms with van der Waals surface area (Å²) < 4.78 is 63.4. The predicted octanol–water partition coefficient (Wildman–Crippen LogP) is 3.99.